The predicted octanol–water partition coefficient (Wildman–Crippen LogP) is 2.56. The number of amides is 1. The molecule has 1 aromatic rings. The number of hydrogen-bond acceptors (Lipinski definition) is 3. The Morgan fingerprint density at radius 2 is 2.15 bits per heavy atom. The van der Waals surface area contributed by atoms with E-state index in [0.717, 1.165) is 35.7 Å². The minimum Gasteiger partial charge on any atom is -0.483 e. The molecular formula is C15H20BrNO3. The van der Waals surface area contributed by atoms with Crippen LogP contribution in [0.4, 0.5) is 0 Å². The SMILES string of the molecule is Cc1ccc(OCC(=O)NCC2(O)CCCC2)c(Br)c1. The van der Waals surface area contributed by atoms with Crippen LogP contribution in [-0.2, 0) is 4.79 Å². The van der Waals surface area contributed by atoms with Crippen LogP contribution in [0.15, 0.2) is 22.7 Å². The number of hydrogen-bond donors (Lipinski definition) is 2. The van der Waals surface area contributed by atoms with Gasteiger partial charge in [-0.3, -0.25) is 4.79 Å². The molecule has 0 bridgehead atoms. The largest absolute Gasteiger partial charge is 0.483 e. The van der Waals surface area contributed by atoms with Crippen LogP contribution in [0.5, 0.6) is 5.75 Å². The Hall–Kier alpha value is -1.07. The van der Waals surface area contributed by atoms with E-state index in [9.17, 15) is 9.90 Å². The molecule has 2 rings (SSSR count). The Morgan fingerprint density at radius 3 is 2.80 bits per heavy atom. The summed E-state index contributed by atoms with van der Waals surface area (Å²) >= 11 is 3.40. The molecule has 1 amide bonds. The number of aryl methyl sites for hydroxylation is 1. The highest BCUT2D eigenvalue weighted by molar-refractivity contribution is 9.10. The highest BCUT2D eigenvalue weighted by Crippen LogP contribution is 2.28. The number of carbonyl (C=O) groups is 1. The zero-order valence-corrected chi connectivity index (χ0v) is 13.2. The molecule has 1 aromatic carbocycles. The molecule has 0 unspecified atom stereocenters. The van der Waals surface area contributed by atoms with E-state index in [4.69, 9.17) is 4.74 Å². The molecule has 0 heterocycles. The lowest BCUT2D eigenvalue weighted by Gasteiger charge is -2.22. The van der Waals surface area contributed by atoms with Crippen molar-refractivity contribution >= 4 is 21.8 Å². The van der Waals surface area contributed by atoms with Crippen molar-refractivity contribution in [2.24, 2.45) is 0 Å². The third-order valence-corrected chi connectivity index (χ3v) is 4.21. The second-order valence-corrected chi connectivity index (χ2v) is 6.29. The number of carbonyl (C=O) groups excluding carboxylic acids is 1. The van der Waals surface area contributed by atoms with Crippen LogP contribution in [0.25, 0.3) is 0 Å². The molecule has 1 aliphatic carbocycles. The summed E-state index contributed by atoms with van der Waals surface area (Å²) in [5, 5.41) is 12.9. The summed E-state index contributed by atoms with van der Waals surface area (Å²) in [6, 6.07) is 5.70. The van der Waals surface area contributed by atoms with Gasteiger partial charge in [0.15, 0.2) is 6.61 Å². The average Bonchev–Trinajstić information content (AvgIpc) is 2.83. The summed E-state index contributed by atoms with van der Waals surface area (Å²) in [5.74, 6) is 0.433. The molecule has 0 aliphatic heterocycles. The topological polar surface area (TPSA) is 58.6 Å². The third kappa shape index (κ3) is 4.21. The summed E-state index contributed by atoms with van der Waals surface area (Å²) in [4.78, 5) is 11.7. The first-order valence-corrected chi connectivity index (χ1v) is 7.66. The van der Waals surface area contributed by atoms with E-state index >= 15 is 0 Å². The fourth-order valence-electron chi connectivity index (χ4n) is 2.39. The first-order valence-electron chi connectivity index (χ1n) is 6.87. The highest BCUT2D eigenvalue weighted by atomic mass is 79.9. The predicted molar refractivity (Wildman–Crippen MR) is 80.8 cm³/mol. The van der Waals surface area contributed by atoms with Crippen molar-refractivity contribution in [2.45, 2.75) is 38.2 Å². The van der Waals surface area contributed by atoms with E-state index < -0.39 is 5.60 Å². The van der Waals surface area contributed by atoms with Gasteiger partial charge >= 0.3 is 0 Å². The molecule has 0 saturated heterocycles. The van der Waals surface area contributed by atoms with E-state index in [-0.39, 0.29) is 12.5 Å². The Balaban J connectivity index is 1.77. The molecule has 1 saturated carbocycles. The Labute approximate surface area is 127 Å². The maximum atomic E-state index is 11.7. The summed E-state index contributed by atoms with van der Waals surface area (Å²) in [6.07, 6.45) is 3.58. The summed E-state index contributed by atoms with van der Waals surface area (Å²) in [6.45, 7) is 2.26. The van der Waals surface area contributed by atoms with E-state index in [1.165, 1.54) is 0 Å². The molecule has 0 radical (unpaired) electrons. The standard InChI is InChI=1S/C15H20BrNO3/c1-11-4-5-13(12(16)8-11)20-9-14(18)17-10-15(19)6-2-3-7-15/h4-5,8,19H,2-3,6-7,9-10H2,1H3,(H,17,18). The van der Waals surface area contributed by atoms with Crippen molar-refractivity contribution in [1.29, 1.82) is 0 Å². The van der Waals surface area contributed by atoms with Gasteiger partial charge < -0.3 is 15.2 Å². The van der Waals surface area contributed by atoms with Crippen LogP contribution in [0.2, 0.25) is 0 Å². The van der Waals surface area contributed by atoms with E-state index in [2.05, 4.69) is 21.2 Å². The summed E-state index contributed by atoms with van der Waals surface area (Å²) in [7, 11) is 0. The van der Waals surface area contributed by atoms with Crippen LogP contribution < -0.4 is 10.1 Å². The third-order valence-electron chi connectivity index (χ3n) is 3.60. The minimum absolute atomic E-state index is 0.0439. The summed E-state index contributed by atoms with van der Waals surface area (Å²) in [5.41, 5.74) is 0.400. The van der Waals surface area contributed by atoms with E-state index in [0.29, 0.717) is 12.3 Å². The smallest absolute Gasteiger partial charge is 0.258 e. The number of aliphatic hydroxyl groups is 1. The number of ether oxygens (including phenoxy) is 1. The molecule has 0 atom stereocenters. The Kier molecular flexibility index (Phi) is 5.05. The quantitative estimate of drug-likeness (QED) is 0.865. The van der Waals surface area contributed by atoms with Gasteiger partial charge in [-0.25, -0.2) is 0 Å². The monoisotopic (exact) mass is 341 g/mol. The zero-order valence-electron chi connectivity index (χ0n) is 11.6. The fraction of sp³-hybridized carbons (Fsp3) is 0.533. The molecule has 1 fully saturated rings. The van der Waals surface area contributed by atoms with Gasteiger partial charge in [-0.15, -0.1) is 0 Å². The molecule has 2 N–H and O–H groups in total. The average molecular weight is 342 g/mol. The molecule has 20 heavy (non-hydrogen) atoms. The van der Waals surface area contributed by atoms with Crippen molar-refractivity contribution in [3.05, 3.63) is 28.2 Å². The molecule has 0 aromatic heterocycles. The van der Waals surface area contributed by atoms with Crippen molar-refractivity contribution < 1.29 is 14.6 Å². The zero-order chi connectivity index (χ0) is 14.6. The van der Waals surface area contributed by atoms with Crippen LogP contribution in [-0.4, -0.2) is 29.8 Å². The van der Waals surface area contributed by atoms with Gasteiger partial charge in [-0.1, -0.05) is 18.9 Å². The van der Waals surface area contributed by atoms with Gasteiger partial charge in [0.25, 0.3) is 5.91 Å². The van der Waals surface area contributed by atoms with Crippen LogP contribution in [0.1, 0.15) is 31.2 Å². The van der Waals surface area contributed by atoms with Gasteiger partial charge in [-0.2, -0.15) is 0 Å². The van der Waals surface area contributed by atoms with E-state index in [1.54, 1.807) is 0 Å². The Morgan fingerprint density at radius 1 is 1.45 bits per heavy atom. The number of benzene rings is 1. The van der Waals surface area contributed by atoms with Crippen LogP contribution >= 0.6 is 15.9 Å². The first kappa shape index (κ1) is 15.3. The minimum atomic E-state index is -0.722. The van der Waals surface area contributed by atoms with Crippen molar-refractivity contribution in [3.63, 3.8) is 0 Å². The lowest BCUT2D eigenvalue weighted by atomic mass is 10.0. The van der Waals surface area contributed by atoms with Gasteiger partial charge in [-0.05, 0) is 53.4 Å². The van der Waals surface area contributed by atoms with Crippen molar-refractivity contribution in [1.82, 2.24) is 5.32 Å². The normalized spacial score (nSPS) is 16.9. The maximum absolute atomic E-state index is 11.7. The first-order chi connectivity index (χ1) is 9.48. The van der Waals surface area contributed by atoms with Crippen LogP contribution in [0.3, 0.4) is 0 Å². The molecule has 4 nitrogen and oxygen atoms in total. The molecule has 110 valence electrons. The highest BCUT2D eigenvalue weighted by Gasteiger charge is 2.31. The van der Waals surface area contributed by atoms with Crippen molar-refractivity contribution in [3.8, 4) is 5.75 Å². The van der Waals surface area contributed by atoms with Gasteiger partial charge in [0, 0.05) is 6.54 Å². The number of rotatable bonds is 5. The van der Waals surface area contributed by atoms with Gasteiger partial charge in [0.05, 0.1) is 10.1 Å². The summed E-state index contributed by atoms with van der Waals surface area (Å²) < 4.78 is 6.29. The molecule has 1 aliphatic rings. The van der Waals surface area contributed by atoms with Crippen molar-refractivity contribution in [2.75, 3.05) is 13.2 Å². The lowest BCUT2D eigenvalue weighted by molar-refractivity contribution is -0.124. The maximum Gasteiger partial charge on any atom is 0.258 e. The number of nitrogens with one attached hydrogen (secondary N) is 1. The molecular weight excluding hydrogens is 322 g/mol. The second-order valence-electron chi connectivity index (χ2n) is 5.43. The van der Waals surface area contributed by atoms with Gasteiger partial charge in [0.2, 0.25) is 0 Å². The number of halogens is 1. The molecule has 0 spiro atoms. The Bertz CT molecular complexity index is 484. The molecule has 5 heteroatoms. The fourth-order valence-corrected chi connectivity index (χ4v) is 3.00. The van der Waals surface area contributed by atoms with Crippen LogP contribution in [0, 0.1) is 6.92 Å². The van der Waals surface area contributed by atoms with E-state index in [1.807, 2.05) is 25.1 Å². The lowest BCUT2D eigenvalue weighted by Crippen LogP contribution is -2.42. The van der Waals surface area contributed by atoms with Gasteiger partial charge in [0.1, 0.15) is 5.75 Å². The second kappa shape index (κ2) is 6.59.